The van der Waals surface area contributed by atoms with E-state index in [0.717, 1.165) is 34.5 Å². The molecule has 5 heteroatoms. The van der Waals surface area contributed by atoms with Gasteiger partial charge in [-0.2, -0.15) is 0 Å². The van der Waals surface area contributed by atoms with Crippen molar-refractivity contribution < 1.29 is 0 Å². The first-order valence-electron chi connectivity index (χ1n) is 7.11. The molecule has 2 rings (SSSR count). The summed E-state index contributed by atoms with van der Waals surface area (Å²) in [5.74, 6) is 0. The van der Waals surface area contributed by atoms with Gasteiger partial charge in [-0.05, 0) is 53.2 Å². The number of likely N-dealkylation sites (N-methyl/N-ethyl adjacent to an activating group) is 1. The molecule has 0 bridgehead atoms. The quantitative estimate of drug-likeness (QED) is 0.871. The Morgan fingerprint density at radius 2 is 2.14 bits per heavy atom. The minimum absolute atomic E-state index is 0.141. The summed E-state index contributed by atoms with van der Waals surface area (Å²) < 4.78 is 0.975. The summed E-state index contributed by atoms with van der Waals surface area (Å²) in [5, 5.41) is 0. The van der Waals surface area contributed by atoms with Gasteiger partial charge in [-0.15, -0.1) is 0 Å². The number of nitrogens with two attached hydrogens (primary N) is 1. The minimum Gasteiger partial charge on any atom is -0.329 e. The number of aryl methyl sites for hydroxylation is 1. The Hall–Kier alpha value is -1.30. The summed E-state index contributed by atoms with van der Waals surface area (Å²) in [5.41, 5.74) is 9.24. The Morgan fingerprint density at radius 1 is 1.33 bits per heavy atom. The molecular weight excluding hydrogens is 328 g/mol. The molecule has 2 aromatic rings. The van der Waals surface area contributed by atoms with E-state index in [4.69, 9.17) is 5.73 Å². The topological polar surface area (TPSA) is 55.0 Å². The molecule has 21 heavy (non-hydrogen) atoms. The molecule has 2 N–H and O–H groups in total. The Bertz CT molecular complexity index is 588. The molecule has 0 aliphatic carbocycles. The molecule has 1 atom stereocenters. The molecular formula is C16H21BrN4. The third-order valence-electron chi connectivity index (χ3n) is 3.49. The van der Waals surface area contributed by atoms with E-state index in [1.54, 1.807) is 6.20 Å². The van der Waals surface area contributed by atoms with Gasteiger partial charge in [0.15, 0.2) is 0 Å². The van der Waals surface area contributed by atoms with Gasteiger partial charge in [0.1, 0.15) is 0 Å². The number of nitrogens with zero attached hydrogens (tertiary/aromatic N) is 3. The number of pyridine rings is 2. The van der Waals surface area contributed by atoms with Crippen LogP contribution in [0.15, 0.2) is 41.1 Å². The van der Waals surface area contributed by atoms with Gasteiger partial charge >= 0.3 is 0 Å². The van der Waals surface area contributed by atoms with Crippen molar-refractivity contribution in [2.45, 2.75) is 26.4 Å². The van der Waals surface area contributed by atoms with E-state index < -0.39 is 0 Å². The van der Waals surface area contributed by atoms with Crippen molar-refractivity contribution in [2.24, 2.45) is 5.73 Å². The zero-order valence-corrected chi connectivity index (χ0v) is 14.0. The summed E-state index contributed by atoms with van der Waals surface area (Å²) in [6.07, 6.45) is 3.67. The average molecular weight is 349 g/mol. The van der Waals surface area contributed by atoms with Gasteiger partial charge in [-0.3, -0.25) is 14.9 Å². The summed E-state index contributed by atoms with van der Waals surface area (Å²) >= 11 is 3.47. The number of hydrogen-bond acceptors (Lipinski definition) is 4. The summed E-state index contributed by atoms with van der Waals surface area (Å²) in [6, 6.07) is 8.34. The zero-order valence-electron chi connectivity index (χ0n) is 12.5. The first-order valence-corrected chi connectivity index (χ1v) is 7.90. The molecule has 0 aliphatic rings. The lowest BCUT2D eigenvalue weighted by molar-refractivity contribution is 0.200. The molecule has 2 heterocycles. The standard InChI is InChI=1S/C16H21BrN4/c1-3-21(11-15-6-4-5-12(2)20-15)16(8-18)13-7-14(17)10-19-9-13/h4-7,9-10,16H,3,8,11,18H2,1-2H3. The third kappa shape index (κ3) is 4.33. The van der Waals surface area contributed by atoms with E-state index in [-0.39, 0.29) is 6.04 Å². The molecule has 0 saturated heterocycles. The van der Waals surface area contributed by atoms with E-state index in [1.165, 1.54) is 0 Å². The van der Waals surface area contributed by atoms with Crippen LogP contribution in [-0.2, 0) is 6.54 Å². The van der Waals surface area contributed by atoms with Gasteiger partial charge < -0.3 is 5.73 Å². The molecule has 0 radical (unpaired) electrons. The van der Waals surface area contributed by atoms with Crippen LogP contribution in [0, 0.1) is 6.92 Å². The summed E-state index contributed by atoms with van der Waals surface area (Å²) in [4.78, 5) is 11.2. The van der Waals surface area contributed by atoms with E-state index >= 15 is 0 Å². The van der Waals surface area contributed by atoms with Crippen LogP contribution >= 0.6 is 15.9 Å². The smallest absolute Gasteiger partial charge is 0.0547 e. The third-order valence-corrected chi connectivity index (χ3v) is 3.93. The lowest BCUT2D eigenvalue weighted by Crippen LogP contribution is -2.33. The summed E-state index contributed by atoms with van der Waals surface area (Å²) in [7, 11) is 0. The molecule has 112 valence electrons. The van der Waals surface area contributed by atoms with Crippen molar-refractivity contribution in [1.82, 2.24) is 14.9 Å². The molecule has 0 aliphatic heterocycles. The van der Waals surface area contributed by atoms with E-state index in [2.05, 4.69) is 49.9 Å². The zero-order chi connectivity index (χ0) is 15.2. The van der Waals surface area contributed by atoms with Gasteiger partial charge in [-0.25, -0.2) is 0 Å². The largest absolute Gasteiger partial charge is 0.329 e. The van der Waals surface area contributed by atoms with Crippen LogP contribution < -0.4 is 5.73 Å². The van der Waals surface area contributed by atoms with Crippen molar-refractivity contribution in [1.29, 1.82) is 0 Å². The van der Waals surface area contributed by atoms with Gasteiger partial charge in [0.05, 0.1) is 5.69 Å². The fourth-order valence-electron chi connectivity index (χ4n) is 2.44. The first-order chi connectivity index (χ1) is 10.1. The lowest BCUT2D eigenvalue weighted by Gasteiger charge is -2.29. The average Bonchev–Trinajstić information content (AvgIpc) is 2.47. The molecule has 4 nitrogen and oxygen atoms in total. The van der Waals surface area contributed by atoms with Gasteiger partial charge in [0, 0.05) is 41.7 Å². The highest BCUT2D eigenvalue weighted by Crippen LogP contribution is 2.23. The first kappa shape index (κ1) is 16.1. The Balaban J connectivity index is 2.21. The van der Waals surface area contributed by atoms with Crippen LogP contribution in [-0.4, -0.2) is 28.0 Å². The van der Waals surface area contributed by atoms with Crippen LogP contribution in [0.4, 0.5) is 0 Å². The highest BCUT2D eigenvalue weighted by atomic mass is 79.9. The van der Waals surface area contributed by atoms with E-state index in [0.29, 0.717) is 6.54 Å². The van der Waals surface area contributed by atoms with Crippen LogP contribution in [0.3, 0.4) is 0 Å². The monoisotopic (exact) mass is 348 g/mol. The fraction of sp³-hybridized carbons (Fsp3) is 0.375. The van der Waals surface area contributed by atoms with Crippen molar-refractivity contribution in [3.63, 3.8) is 0 Å². The number of rotatable bonds is 6. The Morgan fingerprint density at radius 3 is 2.76 bits per heavy atom. The molecule has 0 saturated carbocycles. The maximum Gasteiger partial charge on any atom is 0.0547 e. The molecule has 1 unspecified atom stereocenters. The van der Waals surface area contributed by atoms with Crippen LogP contribution in [0.5, 0.6) is 0 Å². The van der Waals surface area contributed by atoms with Gasteiger partial charge in [0.2, 0.25) is 0 Å². The van der Waals surface area contributed by atoms with Crippen molar-refractivity contribution in [3.05, 3.63) is 58.1 Å². The van der Waals surface area contributed by atoms with Gasteiger partial charge in [-0.1, -0.05) is 13.0 Å². The maximum atomic E-state index is 6.01. The second-order valence-electron chi connectivity index (χ2n) is 5.02. The summed E-state index contributed by atoms with van der Waals surface area (Å²) in [6.45, 7) is 6.40. The predicted molar refractivity (Wildman–Crippen MR) is 88.8 cm³/mol. The molecule has 0 spiro atoms. The van der Waals surface area contributed by atoms with Crippen molar-refractivity contribution >= 4 is 15.9 Å². The Labute approximate surface area is 134 Å². The number of halogens is 1. The van der Waals surface area contributed by atoms with Crippen LogP contribution in [0.1, 0.15) is 29.9 Å². The second-order valence-corrected chi connectivity index (χ2v) is 5.94. The predicted octanol–water partition coefficient (Wildman–Crippen LogP) is 3.07. The van der Waals surface area contributed by atoms with Crippen molar-refractivity contribution in [3.8, 4) is 0 Å². The van der Waals surface area contributed by atoms with E-state index in [1.807, 2.05) is 25.3 Å². The van der Waals surface area contributed by atoms with Crippen molar-refractivity contribution in [2.75, 3.05) is 13.1 Å². The number of aromatic nitrogens is 2. The lowest BCUT2D eigenvalue weighted by atomic mass is 10.1. The Kier molecular flexibility index (Phi) is 5.85. The second kappa shape index (κ2) is 7.64. The molecule has 0 fully saturated rings. The van der Waals surface area contributed by atoms with Gasteiger partial charge in [0.25, 0.3) is 0 Å². The highest BCUT2D eigenvalue weighted by Gasteiger charge is 2.19. The molecule has 2 aromatic heterocycles. The van der Waals surface area contributed by atoms with Crippen LogP contribution in [0.25, 0.3) is 0 Å². The van der Waals surface area contributed by atoms with Crippen LogP contribution in [0.2, 0.25) is 0 Å². The van der Waals surface area contributed by atoms with E-state index in [9.17, 15) is 0 Å². The fourth-order valence-corrected chi connectivity index (χ4v) is 2.83. The normalized spacial score (nSPS) is 12.6. The minimum atomic E-state index is 0.141. The SMILES string of the molecule is CCN(Cc1cccc(C)n1)C(CN)c1cncc(Br)c1. The molecule has 0 aromatic carbocycles. The highest BCUT2D eigenvalue weighted by molar-refractivity contribution is 9.10. The molecule has 0 amide bonds. The maximum absolute atomic E-state index is 6.01. The number of hydrogen-bond donors (Lipinski definition) is 1.